The number of rotatable bonds is 3. The maximum absolute atomic E-state index is 13.3. The van der Waals surface area contributed by atoms with Crippen molar-refractivity contribution in [2.75, 3.05) is 13.6 Å². The van der Waals surface area contributed by atoms with Crippen molar-refractivity contribution in [1.29, 1.82) is 0 Å². The number of fused-ring (bicyclic) bond motifs is 1. The fourth-order valence-corrected chi connectivity index (χ4v) is 3.49. The van der Waals surface area contributed by atoms with Crippen LogP contribution in [0.2, 0.25) is 0 Å². The average molecular weight is 330 g/mol. The summed E-state index contributed by atoms with van der Waals surface area (Å²) < 4.78 is 13.3. The minimum atomic E-state index is -0.336. The van der Waals surface area contributed by atoms with E-state index in [-0.39, 0.29) is 23.7 Å². The van der Waals surface area contributed by atoms with Crippen LogP contribution in [0.1, 0.15) is 41.7 Å². The molecule has 1 saturated carbocycles. The summed E-state index contributed by atoms with van der Waals surface area (Å²) in [4.78, 5) is 18.8. The number of carbonyl (C=O) groups excluding carboxylic acids is 1. The van der Waals surface area contributed by atoms with E-state index in [1.165, 1.54) is 12.1 Å². The standard InChI is InChI=1S/C19H23FN2O2/c1-12-16(9-13-7-8-15(20)10-17(13)21-12)19(24)22(2)11-14-5-3-4-6-18(14)23/h7-10,14,18,23H,3-6,11H2,1-2H3. The van der Waals surface area contributed by atoms with Gasteiger partial charge in [-0.1, -0.05) is 12.8 Å². The zero-order chi connectivity index (χ0) is 17.3. The molecule has 3 rings (SSSR count). The van der Waals surface area contributed by atoms with E-state index in [2.05, 4.69) is 4.98 Å². The van der Waals surface area contributed by atoms with Crippen molar-refractivity contribution in [3.8, 4) is 0 Å². The van der Waals surface area contributed by atoms with Gasteiger partial charge in [0.05, 0.1) is 22.9 Å². The van der Waals surface area contributed by atoms with E-state index in [0.29, 0.717) is 23.3 Å². The highest BCUT2D eigenvalue weighted by molar-refractivity contribution is 5.98. The lowest BCUT2D eigenvalue weighted by molar-refractivity contribution is 0.0451. The maximum atomic E-state index is 13.3. The van der Waals surface area contributed by atoms with E-state index in [4.69, 9.17) is 0 Å². The number of benzene rings is 1. The smallest absolute Gasteiger partial charge is 0.255 e. The zero-order valence-corrected chi connectivity index (χ0v) is 14.1. The molecule has 2 atom stereocenters. The largest absolute Gasteiger partial charge is 0.393 e. The minimum Gasteiger partial charge on any atom is -0.393 e. The molecule has 1 aromatic carbocycles. The Hall–Kier alpha value is -2.01. The number of aliphatic hydroxyl groups is 1. The molecule has 0 radical (unpaired) electrons. The van der Waals surface area contributed by atoms with Crippen LogP contribution in [0.15, 0.2) is 24.3 Å². The first-order valence-electron chi connectivity index (χ1n) is 8.46. The summed E-state index contributed by atoms with van der Waals surface area (Å²) in [5.74, 6) is -0.309. The number of carbonyl (C=O) groups is 1. The van der Waals surface area contributed by atoms with Crippen molar-refractivity contribution >= 4 is 16.8 Å². The minimum absolute atomic E-state index is 0.107. The van der Waals surface area contributed by atoms with Gasteiger partial charge >= 0.3 is 0 Å². The number of aliphatic hydroxyl groups excluding tert-OH is 1. The number of hydrogen-bond donors (Lipinski definition) is 1. The number of nitrogens with zero attached hydrogens (tertiary/aromatic N) is 2. The molecule has 1 aliphatic rings. The molecule has 2 unspecified atom stereocenters. The highest BCUT2D eigenvalue weighted by Crippen LogP contribution is 2.26. The first-order chi connectivity index (χ1) is 11.5. The summed E-state index contributed by atoms with van der Waals surface area (Å²) >= 11 is 0. The summed E-state index contributed by atoms with van der Waals surface area (Å²) in [6.45, 7) is 2.31. The van der Waals surface area contributed by atoms with Crippen molar-refractivity contribution < 1.29 is 14.3 Å². The fraction of sp³-hybridized carbons (Fsp3) is 0.474. The molecular formula is C19H23FN2O2. The molecule has 0 aliphatic heterocycles. The van der Waals surface area contributed by atoms with Crippen LogP contribution in [-0.4, -0.2) is 40.6 Å². The number of amides is 1. The van der Waals surface area contributed by atoms with Crippen molar-refractivity contribution in [2.45, 2.75) is 38.7 Å². The second kappa shape index (κ2) is 6.85. The van der Waals surface area contributed by atoms with Gasteiger partial charge in [0.15, 0.2) is 0 Å². The van der Waals surface area contributed by atoms with E-state index in [9.17, 15) is 14.3 Å². The van der Waals surface area contributed by atoms with E-state index in [1.54, 1.807) is 31.0 Å². The SMILES string of the molecule is Cc1nc2cc(F)ccc2cc1C(=O)N(C)CC1CCCCC1O. The predicted molar refractivity (Wildman–Crippen MR) is 91.4 cm³/mol. The van der Waals surface area contributed by atoms with Crippen LogP contribution in [0.4, 0.5) is 4.39 Å². The molecule has 0 bridgehead atoms. The number of pyridine rings is 1. The highest BCUT2D eigenvalue weighted by Gasteiger charge is 2.26. The third-order valence-electron chi connectivity index (χ3n) is 4.92. The van der Waals surface area contributed by atoms with Crippen molar-refractivity contribution in [2.24, 2.45) is 5.92 Å². The van der Waals surface area contributed by atoms with Gasteiger partial charge in [-0.2, -0.15) is 0 Å². The number of halogens is 1. The molecule has 1 N–H and O–H groups in total. The summed E-state index contributed by atoms with van der Waals surface area (Å²) in [7, 11) is 1.76. The lowest BCUT2D eigenvalue weighted by Crippen LogP contribution is -2.38. The quantitative estimate of drug-likeness (QED) is 0.939. The lowest BCUT2D eigenvalue weighted by Gasteiger charge is -2.31. The molecule has 1 heterocycles. The molecule has 1 fully saturated rings. The third kappa shape index (κ3) is 3.41. The molecule has 2 aromatic rings. The Morgan fingerprint density at radius 3 is 2.83 bits per heavy atom. The van der Waals surface area contributed by atoms with Crippen LogP contribution in [0.25, 0.3) is 10.9 Å². The van der Waals surface area contributed by atoms with Gasteiger partial charge in [-0.3, -0.25) is 9.78 Å². The molecule has 4 nitrogen and oxygen atoms in total. The average Bonchev–Trinajstić information content (AvgIpc) is 2.55. The Morgan fingerprint density at radius 1 is 1.33 bits per heavy atom. The summed E-state index contributed by atoms with van der Waals surface area (Å²) in [5, 5.41) is 10.9. The first kappa shape index (κ1) is 16.8. The van der Waals surface area contributed by atoms with Gasteiger partial charge in [-0.05, 0) is 38.0 Å². The van der Waals surface area contributed by atoms with Crippen molar-refractivity contribution in [1.82, 2.24) is 9.88 Å². The normalized spacial score (nSPS) is 21.0. The van der Waals surface area contributed by atoms with Crippen LogP contribution in [-0.2, 0) is 0 Å². The summed E-state index contributed by atoms with van der Waals surface area (Å²) in [5.41, 5.74) is 1.67. The van der Waals surface area contributed by atoms with Gasteiger partial charge in [0.2, 0.25) is 0 Å². The molecular weight excluding hydrogens is 307 g/mol. The van der Waals surface area contributed by atoms with Gasteiger partial charge in [-0.25, -0.2) is 4.39 Å². The summed E-state index contributed by atoms with van der Waals surface area (Å²) in [6, 6.07) is 6.15. The molecule has 0 saturated heterocycles. The van der Waals surface area contributed by atoms with Crippen molar-refractivity contribution in [3.05, 3.63) is 41.3 Å². The van der Waals surface area contributed by atoms with Crippen LogP contribution in [0.3, 0.4) is 0 Å². The highest BCUT2D eigenvalue weighted by atomic mass is 19.1. The van der Waals surface area contributed by atoms with Crippen LogP contribution >= 0.6 is 0 Å². The van der Waals surface area contributed by atoms with Crippen LogP contribution < -0.4 is 0 Å². The molecule has 24 heavy (non-hydrogen) atoms. The number of hydrogen-bond acceptors (Lipinski definition) is 3. The molecule has 0 spiro atoms. The third-order valence-corrected chi connectivity index (χ3v) is 4.92. The van der Waals surface area contributed by atoms with Gasteiger partial charge in [0.25, 0.3) is 5.91 Å². The Bertz CT molecular complexity index is 762. The van der Waals surface area contributed by atoms with Gasteiger partial charge in [0, 0.05) is 31.0 Å². The zero-order valence-electron chi connectivity index (χ0n) is 14.1. The lowest BCUT2D eigenvalue weighted by atomic mass is 9.86. The predicted octanol–water partition coefficient (Wildman–Crippen LogP) is 3.31. The van der Waals surface area contributed by atoms with Crippen LogP contribution in [0, 0.1) is 18.7 Å². The van der Waals surface area contributed by atoms with E-state index < -0.39 is 0 Å². The molecule has 1 amide bonds. The molecule has 1 aliphatic carbocycles. The Labute approximate surface area is 141 Å². The van der Waals surface area contributed by atoms with Gasteiger partial charge < -0.3 is 10.0 Å². The monoisotopic (exact) mass is 330 g/mol. The summed E-state index contributed by atoms with van der Waals surface area (Å²) in [6.07, 6.45) is 3.60. The van der Waals surface area contributed by atoms with Gasteiger partial charge in [-0.15, -0.1) is 0 Å². The van der Waals surface area contributed by atoms with E-state index >= 15 is 0 Å². The van der Waals surface area contributed by atoms with Crippen molar-refractivity contribution in [3.63, 3.8) is 0 Å². The Kier molecular flexibility index (Phi) is 4.81. The second-order valence-corrected chi connectivity index (χ2v) is 6.76. The van der Waals surface area contributed by atoms with Crippen LogP contribution in [0.5, 0.6) is 0 Å². The number of aromatic nitrogens is 1. The number of aryl methyl sites for hydroxylation is 1. The Balaban J connectivity index is 1.82. The Morgan fingerprint density at radius 2 is 2.08 bits per heavy atom. The maximum Gasteiger partial charge on any atom is 0.255 e. The molecule has 1 aromatic heterocycles. The molecule has 128 valence electrons. The van der Waals surface area contributed by atoms with E-state index in [0.717, 1.165) is 31.1 Å². The van der Waals surface area contributed by atoms with E-state index in [1.807, 2.05) is 0 Å². The first-order valence-corrected chi connectivity index (χ1v) is 8.46. The topological polar surface area (TPSA) is 53.4 Å². The second-order valence-electron chi connectivity index (χ2n) is 6.76. The molecule has 5 heteroatoms. The fourth-order valence-electron chi connectivity index (χ4n) is 3.49. The van der Waals surface area contributed by atoms with Gasteiger partial charge in [0.1, 0.15) is 5.82 Å².